The van der Waals surface area contributed by atoms with Crippen LogP contribution in [0, 0.1) is 5.82 Å². The van der Waals surface area contributed by atoms with Gasteiger partial charge in [0.15, 0.2) is 5.58 Å². The number of ketones is 1. The minimum absolute atomic E-state index is 0.00306. The van der Waals surface area contributed by atoms with Crippen molar-refractivity contribution in [2.45, 2.75) is 39.5 Å². The summed E-state index contributed by atoms with van der Waals surface area (Å²) < 4.78 is 25.9. The first-order valence-electron chi connectivity index (χ1n) is 17.5. The molecule has 0 saturated heterocycles. The molecule has 1 atom stereocenters. The van der Waals surface area contributed by atoms with E-state index in [2.05, 4.69) is 20.6 Å². The molecule has 6 aromatic rings. The summed E-state index contributed by atoms with van der Waals surface area (Å²) in [5, 5.41) is 5.11. The number of carbonyl (C=O) groups is 4. The topological polar surface area (TPSA) is 166 Å². The highest BCUT2D eigenvalue weighted by molar-refractivity contribution is 6.01. The number of aromatic nitrogens is 3. The SMILES string of the molecule is CCN(CC)C(=O)c1ccc2oc(C(=O)C(Cc3ccccc3)NC(=O)Cn3c(-c4ccc(F)cc4)ncc(NC(=O)OCc4ccccc4)c3=O)nc2c1. The van der Waals surface area contributed by atoms with Crippen molar-refractivity contribution in [3.8, 4) is 11.4 Å². The molecule has 0 saturated carbocycles. The molecule has 55 heavy (non-hydrogen) atoms. The predicted molar refractivity (Wildman–Crippen MR) is 202 cm³/mol. The second-order valence-corrected chi connectivity index (χ2v) is 12.4. The highest BCUT2D eigenvalue weighted by Gasteiger charge is 2.28. The van der Waals surface area contributed by atoms with Crippen molar-refractivity contribution in [3.63, 3.8) is 0 Å². The monoisotopic (exact) mass is 744 g/mol. The average molecular weight is 745 g/mol. The summed E-state index contributed by atoms with van der Waals surface area (Å²) in [6, 6.07) is 26.5. The maximum Gasteiger partial charge on any atom is 0.412 e. The van der Waals surface area contributed by atoms with E-state index in [0.29, 0.717) is 29.7 Å². The minimum Gasteiger partial charge on any atom is -0.444 e. The largest absolute Gasteiger partial charge is 0.444 e. The zero-order chi connectivity index (χ0) is 38.9. The third-order valence-corrected chi connectivity index (χ3v) is 8.73. The van der Waals surface area contributed by atoms with Crippen LogP contribution >= 0.6 is 0 Å². The molecule has 0 aliphatic heterocycles. The van der Waals surface area contributed by atoms with Crippen LogP contribution < -0.4 is 16.2 Å². The Hall–Kier alpha value is -6.96. The first kappa shape index (κ1) is 37.8. The second kappa shape index (κ2) is 17.2. The molecule has 2 heterocycles. The number of ether oxygens (including phenoxy) is 1. The van der Waals surface area contributed by atoms with Crippen molar-refractivity contribution < 1.29 is 32.7 Å². The number of amides is 3. The average Bonchev–Trinajstić information content (AvgIpc) is 3.63. The van der Waals surface area contributed by atoms with Crippen LogP contribution in [0.2, 0.25) is 0 Å². The molecule has 0 aliphatic carbocycles. The Labute approximate surface area is 314 Å². The van der Waals surface area contributed by atoms with Gasteiger partial charge in [0, 0.05) is 30.6 Å². The van der Waals surface area contributed by atoms with Gasteiger partial charge in [0.25, 0.3) is 17.4 Å². The lowest BCUT2D eigenvalue weighted by molar-refractivity contribution is -0.122. The fraction of sp³-hybridized carbons (Fsp3) is 0.195. The molecule has 3 amide bonds. The Morgan fingerprint density at radius 3 is 2.24 bits per heavy atom. The summed E-state index contributed by atoms with van der Waals surface area (Å²) in [7, 11) is 0. The molecular weight excluding hydrogens is 707 g/mol. The van der Waals surface area contributed by atoms with E-state index in [0.717, 1.165) is 21.9 Å². The number of rotatable bonds is 14. The highest BCUT2D eigenvalue weighted by atomic mass is 19.1. The van der Waals surface area contributed by atoms with Crippen LogP contribution in [0.4, 0.5) is 14.9 Å². The number of oxazole rings is 1. The molecule has 0 fully saturated rings. The van der Waals surface area contributed by atoms with Gasteiger partial charge < -0.3 is 19.4 Å². The zero-order valence-corrected chi connectivity index (χ0v) is 30.0. The van der Waals surface area contributed by atoms with Crippen LogP contribution in [0.15, 0.2) is 119 Å². The van der Waals surface area contributed by atoms with Gasteiger partial charge in [0.2, 0.25) is 11.7 Å². The number of benzene rings is 4. The van der Waals surface area contributed by atoms with Crippen LogP contribution in [0.25, 0.3) is 22.5 Å². The molecule has 13 nitrogen and oxygen atoms in total. The number of carbonyl (C=O) groups excluding carboxylic acids is 4. The summed E-state index contributed by atoms with van der Waals surface area (Å²) in [5.74, 6) is -2.40. The normalized spacial score (nSPS) is 11.5. The van der Waals surface area contributed by atoms with Gasteiger partial charge in [0.05, 0.1) is 6.20 Å². The van der Waals surface area contributed by atoms with Crippen LogP contribution in [-0.2, 0) is 29.1 Å². The number of anilines is 1. The molecule has 2 aromatic heterocycles. The van der Waals surface area contributed by atoms with Crippen molar-refractivity contribution in [3.05, 3.63) is 148 Å². The molecule has 0 bridgehead atoms. The van der Waals surface area contributed by atoms with Crippen molar-refractivity contribution in [1.82, 2.24) is 24.8 Å². The number of halogens is 1. The fourth-order valence-electron chi connectivity index (χ4n) is 5.87. The smallest absolute Gasteiger partial charge is 0.412 e. The van der Waals surface area contributed by atoms with E-state index in [4.69, 9.17) is 9.15 Å². The Balaban J connectivity index is 1.28. The molecule has 0 aliphatic rings. The molecule has 6 rings (SSSR count). The number of hydrogen-bond donors (Lipinski definition) is 2. The summed E-state index contributed by atoms with van der Waals surface area (Å²) >= 11 is 0. The predicted octanol–water partition coefficient (Wildman–Crippen LogP) is 6.03. The van der Waals surface area contributed by atoms with Crippen LogP contribution in [0.1, 0.15) is 46.0 Å². The molecule has 0 spiro atoms. The van der Waals surface area contributed by atoms with Crippen LogP contribution in [-0.4, -0.2) is 62.3 Å². The lowest BCUT2D eigenvalue weighted by Gasteiger charge is -2.18. The maximum absolute atomic E-state index is 14.0. The number of Topliss-reactive ketones (excluding diaryl/α,β-unsaturated/α-hetero) is 1. The zero-order valence-electron chi connectivity index (χ0n) is 30.0. The number of hydrogen-bond acceptors (Lipinski definition) is 9. The maximum atomic E-state index is 14.0. The van der Waals surface area contributed by atoms with E-state index >= 15 is 0 Å². The van der Waals surface area contributed by atoms with Crippen molar-refractivity contribution in [2.75, 3.05) is 18.4 Å². The standard InChI is InChI=1S/C41H37FN6O7/c1-3-47(4-2)39(51)29-17-20-34-31(22-29)45-38(55-34)36(50)32(21-26-11-7-5-8-12-26)44-35(49)24-48-37(28-15-18-30(42)19-16-28)43-23-33(40(48)52)46-41(53)54-25-27-13-9-6-10-14-27/h5-20,22-23,32H,3-4,21,24-25H2,1-2H3,(H,44,49)(H,46,53). The van der Waals surface area contributed by atoms with Crippen molar-refractivity contribution >= 4 is 40.5 Å². The van der Waals surface area contributed by atoms with Gasteiger partial charge in [-0.25, -0.2) is 19.2 Å². The van der Waals surface area contributed by atoms with E-state index < -0.39 is 41.7 Å². The summed E-state index contributed by atoms with van der Waals surface area (Å²) in [5.41, 5.74) is 1.62. The third-order valence-electron chi connectivity index (χ3n) is 8.73. The number of fused-ring (bicyclic) bond motifs is 1. The summed E-state index contributed by atoms with van der Waals surface area (Å²) in [4.78, 5) is 77.7. The Morgan fingerprint density at radius 1 is 0.891 bits per heavy atom. The summed E-state index contributed by atoms with van der Waals surface area (Å²) in [6.07, 6.45) is 0.238. The first-order chi connectivity index (χ1) is 26.6. The molecule has 280 valence electrons. The second-order valence-electron chi connectivity index (χ2n) is 12.4. The molecule has 4 aromatic carbocycles. The fourth-order valence-corrected chi connectivity index (χ4v) is 5.87. The van der Waals surface area contributed by atoms with Gasteiger partial charge in [-0.1, -0.05) is 60.7 Å². The van der Waals surface area contributed by atoms with Crippen molar-refractivity contribution in [2.24, 2.45) is 0 Å². The molecular formula is C41H37FN6O7. The number of nitrogens with zero attached hydrogens (tertiary/aromatic N) is 4. The van der Waals surface area contributed by atoms with Gasteiger partial charge in [0.1, 0.15) is 42.0 Å². The van der Waals surface area contributed by atoms with Crippen LogP contribution in [0.5, 0.6) is 0 Å². The van der Waals surface area contributed by atoms with Gasteiger partial charge in [-0.3, -0.25) is 29.1 Å². The van der Waals surface area contributed by atoms with Gasteiger partial charge >= 0.3 is 6.09 Å². The minimum atomic E-state index is -1.20. The third kappa shape index (κ3) is 9.16. The van der Waals surface area contributed by atoms with Gasteiger partial charge in [-0.05, 0) is 67.4 Å². The number of nitrogens with one attached hydrogen (secondary N) is 2. The first-order valence-corrected chi connectivity index (χ1v) is 17.5. The van der Waals surface area contributed by atoms with E-state index in [9.17, 15) is 28.4 Å². The van der Waals surface area contributed by atoms with Gasteiger partial charge in [-0.15, -0.1) is 0 Å². The van der Waals surface area contributed by atoms with E-state index in [-0.39, 0.29) is 41.9 Å². The molecule has 1 unspecified atom stereocenters. The quantitative estimate of drug-likeness (QED) is 0.127. The molecule has 2 N–H and O–H groups in total. The molecule has 14 heteroatoms. The van der Waals surface area contributed by atoms with Crippen molar-refractivity contribution in [1.29, 1.82) is 0 Å². The lowest BCUT2D eigenvalue weighted by atomic mass is 10.0. The summed E-state index contributed by atoms with van der Waals surface area (Å²) in [6.45, 7) is 4.09. The Kier molecular flexibility index (Phi) is 11.8. The van der Waals surface area contributed by atoms with E-state index in [1.165, 1.54) is 24.3 Å². The van der Waals surface area contributed by atoms with E-state index in [1.807, 2.05) is 26.0 Å². The Morgan fingerprint density at radius 2 is 1.56 bits per heavy atom. The van der Waals surface area contributed by atoms with Gasteiger partial charge in [-0.2, -0.15) is 0 Å². The molecule has 0 radical (unpaired) electrons. The Bertz CT molecular complexity index is 2380. The van der Waals surface area contributed by atoms with Crippen LogP contribution in [0.3, 0.4) is 0 Å². The van der Waals surface area contributed by atoms with E-state index in [1.54, 1.807) is 71.6 Å². The highest BCUT2D eigenvalue weighted by Crippen LogP contribution is 2.21. The lowest BCUT2D eigenvalue weighted by Crippen LogP contribution is -2.45.